The molecule has 0 bridgehead atoms. The second-order valence-electron chi connectivity index (χ2n) is 9.31. The van der Waals surface area contributed by atoms with Gasteiger partial charge in [0.05, 0.1) is 11.3 Å². The number of carbonyl (C=O) groups excluding carboxylic acids is 2. The van der Waals surface area contributed by atoms with Crippen molar-refractivity contribution in [2.75, 3.05) is 26.2 Å². The Bertz CT molecular complexity index is 935. The third-order valence-corrected chi connectivity index (χ3v) is 5.39. The van der Waals surface area contributed by atoms with E-state index in [1.54, 1.807) is 24.3 Å². The highest BCUT2D eigenvalue weighted by atomic mass is 19.1. The lowest BCUT2D eigenvalue weighted by Gasteiger charge is -2.32. The fourth-order valence-electron chi connectivity index (χ4n) is 3.72. The Hall–Kier alpha value is -3.00. The third kappa shape index (κ3) is 8.13. The molecule has 3 rings (SSSR count). The molecule has 0 spiro atoms. The third-order valence-electron chi connectivity index (χ3n) is 5.39. The quantitative estimate of drug-likeness (QED) is 0.616. The number of nitrogens with one attached hydrogen (secondary N) is 2. The summed E-state index contributed by atoms with van der Waals surface area (Å²) in [7, 11) is 0. The second kappa shape index (κ2) is 11.2. The van der Waals surface area contributed by atoms with Gasteiger partial charge in [0.2, 0.25) is 0 Å². The standard InChI is InChI=1S/C25H33FN4O3/c1-25(2,3)33-24(32)27-12-5-13-30-14-10-21(11-15-30)29-23(31)19-8-9-22(28-17-19)18-6-4-7-20(26)16-18/h4,6-9,16-17,21H,5,10-15H2,1-3H3,(H,27,32)(H,29,31). The summed E-state index contributed by atoms with van der Waals surface area (Å²) in [4.78, 5) is 30.9. The van der Waals surface area contributed by atoms with Crippen molar-refractivity contribution >= 4 is 12.0 Å². The number of benzene rings is 1. The molecule has 33 heavy (non-hydrogen) atoms. The molecule has 1 fully saturated rings. The van der Waals surface area contributed by atoms with Crippen LogP contribution in [0.2, 0.25) is 0 Å². The summed E-state index contributed by atoms with van der Waals surface area (Å²) in [6.07, 6.45) is 3.74. The molecule has 0 atom stereocenters. The van der Waals surface area contributed by atoms with Crippen LogP contribution in [-0.2, 0) is 4.74 Å². The van der Waals surface area contributed by atoms with Gasteiger partial charge in [-0.1, -0.05) is 12.1 Å². The first kappa shape index (κ1) is 24.6. The number of alkyl carbamates (subject to hydrolysis) is 1. The van der Waals surface area contributed by atoms with E-state index in [0.717, 1.165) is 38.9 Å². The predicted octanol–water partition coefficient (Wildman–Crippen LogP) is 4.00. The van der Waals surface area contributed by atoms with E-state index in [-0.39, 0.29) is 23.9 Å². The fraction of sp³-hybridized carbons (Fsp3) is 0.480. The van der Waals surface area contributed by atoms with E-state index in [0.29, 0.717) is 23.4 Å². The second-order valence-corrected chi connectivity index (χ2v) is 9.31. The average molecular weight is 457 g/mol. The summed E-state index contributed by atoms with van der Waals surface area (Å²) >= 11 is 0. The van der Waals surface area contributed by atoms with Crippen LogP contribution in [0, 0.1) is 5.82 Å². The van der Waals surface area contributed by atoms with Crippen molar-refractivity contribution in [2.24, 2.45) is 0 Å². The number of halogens is 1. The van der Waals surface area contributed by atoms with E-state index < -0.39 is 5.60 Å². The van der Waals surface area contributed by atoms with Crippen LogP contribution < -0.4 is 10.6 Å². The number of hydrogen-bond donors (Lipinski definition) is 2. The van der Waals surface area contributed by atoms with Crippen LogP contribution in [0.25, 0.3) is 11.3 Å². The van der Waals surface area contributed by atoms with Crippen molar-refractivity contribution in [3.8, 4) is 11.3 Å². The molecule has 2 N–H and O–H groups in total. The van der Waals surface area contributed by atoms with Crippen molar-refractivity contribution in [3.05, 3.63) is 54.0 Å². The molecule has 1 aromatic carbocycles. The maximum Gasteiger partial charge on any atom is 0.407 e. The van der Waals surface area contributed by atoms with Gasteiger partial charge in [0.1, 0.15) is 11.4 Å². The molecule has 178 valence electrons. The highest BCUT2D eigenvalue weighted by Gasteiger charge is 2.21. The highest BCUT2D eigenvalue weighted by Crippen LogP contribution is 2.18. The lowest BCUT2D eigenvalue weighted by molar-refractivity contribution is 0.0525. The van der Waals surface area contributed by atoms with Gasteiger partial charge in [-0.05, 0) is 70.8 Å². The molecule has 0 aliphatic carbocycles. The molecule has 0 radical (unpaired) electrons. The van der Waals surface area contributed by atoms with Crippen LogP contribution in [0.5, 0.6) is 0 Å². The SMILES string of the molecule is CC(C)(C)OC(=O)NCCCN1CCC(NC(=O)c2ccc(-c3cccc(F)c3)nc2)CC1. The molecule has 1 aromatic heterocycles. The summed E-state index contributed by atoms with van der Waals surface area (Å²) in [6.45, 7) is 8.78. The Balaban J connectivity index is 1.36. The summed E-state index contributed by atoms with van der Waals surface area (Å²) in [5, 5.41) is 5.87. The maximum atomic E-state index is 13.4. The molecule has 1 saturated heterocycles. The van der Waals surface area contributed by atoms with Gasteiger partial charge >= 0.3 is 6.09 Å². The first-order chi connectivity index (χ1) is 15.7. The first-order valence-corrected chi connectivity index (χ1v) is 11.4. The number of carbonyl (C=O) groups is 2. The maximum absolute atomic E-state index is 13.4. The minimum absolute atomic E-state index is 0.122. The van der Waals surface area contributed by atoms with Crippen LogP contribution in [0.1, 0.15) is 50.4 Å². The lowest BCUT2D eigenvalue weighted by atomic mass is 10.0. The highest BCUT2D eigenvalue weighted by molar-refractivity contribution is 5.94. The Morgan fingerprint density at radius 3 is 2.58 bits per heavy atom. The molecule has 1 aliphatic heterocycles. The molecule has 2 amide bonds. The Morgan fingerprint density at radius 1 is 1.18 bits per heavy atom. The largest absolute Gasteiger partial charge is 0.444 e. The number of hydrogen-bond acceptors (Lipinski definition) is 5. The zero-order chi connectivity index (χ0) is 23.8. The summed E-state index contributed by atoms with van der Waals surface area (Å²) in [5.41, 5.74) is 1.30. The van der Waals surface area contributed by atoms with E-state index >= 15 is 0 Å². The Kier molecular flexibility index (Phi) is 8.38. The first-order valence-electron chi connectivity index (χ1n) is 11.4. The van der Waals surface area contributed by atoms with Crippen molar-refractivity contribution in [3.63, 3.8) is 0 Å². The zero-order valence-corrected chi connectivity index (χ0v) is 19.6. The van der Waals surface area contributed by atoms with Crippen LogP contribution in [0.3, 0.4) is 0 Å². The van der Waals surface area contributed by atoms with E-state index in [1.807, 2.05) is 20.8 Å². The van der Waals surface area contributed by atoms with Crippen LogP contribution >= 0.6 is 0 Å². The molecule has 1 aliphatic rings. The molecular formula is C25H33FN4O3. The number of amides is 2. The van der Waals surface area contributed by atoms with Gasteiger partial charge < -0.3 is 20.3 Å². The molecular weight excluding hydrogens is 423 g/mol. The monoisotopic (exact) mass is 456 g/mol. The smallest absolute Gasteiger partial charge is 0.407 e. The fourth-order valence-corrected chi connectivity index (χ4v) is 3.72. The van der Waals surface area contributed by atoms with Gasteiger partial charge in [-0.15, -0.1) is 0 Å². The summed E-state index contributed by atoms with van der Waals surface area (Å²) < 4.78 is 18.6. The van der Waals surface area contributed by atoms with E-state index in [1.165, 1.54) is 18.3 Å². The van der Waals surface area contributed by atoms with Gasteiger partial charge in [0.15, 0.2) is 0 Å². The Labute approximate surface area is 194 Å². The summed E-state index contributed by atoms with van der Waals surface area (Å²) in [5.74, 6) is -0.463. The Morgan fingerprint density at radius 2 is 1.94 bits per heavy atom. The number of aromatic nitrogens is 1. The number of ether oxygens (including phenoxy) is 1. The van der Waals surface area contributed by atoms with Crippen molar-refractivity contribution in [1.82, 2.24) is 20.5 Å². The van der Waals surface area contributed by atoms with Crippen molar-refractivity contribution in [1.29, 1.82) is 0 Å². The van der Waals surface area contributed by atoms with E-state index in [9.17, 15) is 14.0 Å². The number of nitrogens with zero attached hydrogens (tertiary/aromatic N) is 2. The minimum Gasteiger partial charge on any atom is -0.444 e. The van der Waals surface area contributed by atoms with Crippen molar-refractivity contribution in [2.45, 2.75) is 51.7 Å². The normalized spacial score (nSPS) is 15.2. The van der Waals surface area contributed by atoms with Crippen molar-refractivity contribution < 1.29 is 18.7 Å². The van der Waals surface area contributed by atoms with Crippen LogP contribution in [0.15, 0.2) is 42.6 Å². The predicted molar refractivity (Wildman–Crippen MR) is 125 cm³/mol. The lowest BCUT2D eigenvalue weighted by Crippen LogP contribution is -2.45. The molecule has 2 heterocycles. The van der Waals surface area contributed by atoms with Gasteiger partial charge in [-0.2, -0.15) is 0 Å². The number of piperidine rings is 1. The minimum atomic E-state index is -0.490. The number of pyridine rings is 1. The summed E-state index contributed by atoms with van der Waals surface area (Å²) in [6, 6.07) is 9.80. The average Bonchev–Trinajstić information content (AvgIpc) is 2.77. The van der Waals surface area contributed by atoms with E-state index in [4.69, 9.17) is 4.74 Å². The molecule has 7 nitrogen and oxygen atoms in total. The molecule has 2 aromatic rings. The molecule has 0 saturated carbocycles. The zero-order valence-electron chi connectivity index (χ0n) is 19.6. The van der Waals surface area contributed by atoms with Gasteiger partial charge in [0, 0.05) is 37.4 Å². The molecule has 0 unspecified atom stereocenters. The number of likely N-dealkylation sites (tertiary alicyclic amines) is 1. The van der Waals surface area contributed by atoms with Crippen LogP contribution in [0.4, 0.5) is 9.18 Å². The molecule has 8 heteroatoms. The van der Waals surface area contributed by atoms with Gasteiger partial charge in [0.25, 0.3) is 5.91 Å². The van der Waals surface area contributed by atoms with Crippen LogP contribution in [-0.4, -0.2) is 59.7 Å². The number of rotatable bonds is 7. The van der Waals surface area contributed by atoms with Gasteiger partial charge in [-0.25, -0.2) is 9.18 Å². The van der Waals surface area contributed by atoms with E-state index in [2.05, 4.69) is 20.5 Å². The topological polar surface area (TPSA) is 83.6 Å². The van der Waals surface area contributed by atoms with Gasteiger partial charge in [-0.3, -0.25) is 9.78 Å².